The molecule has 0 radical (unpaired) electrons. The van der Waals surface area contributed by atoms with Gasteiger partial charge in [-0.2, -0.15) is 5.10 Å². The van der Waals surface area contributed by atoms with Crippen LogP contribution in [0.1, 0.15) is 22.1 Å². The van der Waals surface area contributed by atoms with Crippen molar-refractivity contribution in [3.05, 3.63) is 71.8 Å². The number of nitrogens with one attached hydrogen (secondary N) is 3. The normalized spacial score (nSPS) is 16.4. The molecule has 1 amide bonds. The summed E-state index contributed by atoms with van der Waals surface area (Å²) in [5.74, 6) is -0.724. The highest BCUT2D eigenvalue weighted by molar-refractivity contribution is 6.01. The number of aromatic nitrogens is 2. The molecule has 0 spiro atoms. The molecule has 23 heavy (non-hydrogen) atoms. The Kier molecular flexibility index (Phi) is 3.08. The molecule has 3 N–H and O–H groups in total. The van der Waals surface area contributed by atoms with Gasteiger partial charge < -0.3 is 10.6 Å². The zero-order chi connectivity index (χ0) is 15.8. The highest BCUT2D eigenvalue weighted by atomic mass is 19.1. The van der Waals surface area contributed by atoms with Gasteiger partial charge in [0.15, 0.2) is 0 Å². The molecule has 1 aliphatic rings. The van der Waals surface area contributed by atoms with Gasteiger partial charge in [0.05, 0.1) is 11.8 Å². The fourth-order valence-electron chi connectivity index (χ4n) is 2.70. The standard InChI is InChI=1S/C17H13FN4O/c18-13-4-5-15-14(7-13)17(23)22-16(21-15)11-3-1-2-10(6-11)12-8-19-20-9-12/h1-9,16,21H,(H,19,20)(H,22,23). The van der Waals surface area contributed by atoms with E-state index in [1.807, 2.05) is 30.5 Å². The first-order chi connectivity index (χ1) is 11.2. The van der Waals surface area contributed by atoms with Crippen molar-refractivity contribution in [1.82, 2.24) is 15.5 Å². The van der Waals surface area contributed by atoms with Crippen molar-refractivity contribution in [3.8, 4) is 11.1 Å². The van der Waals surface area contributed by atoms with Gasteiger partial charge in [0.25, 0.3) is 5.91 Å². The van der Waals surface area contributed by atoms with E-state index >= 15 is 0 Å². The van der Waals surface area contributed by atoms with Crippen molar-refractivity contribution < 1.29 is 9.18 Å². The highest BCUT2D eigenvalue weighted by Gasteiger charge is 2.25. The number of fused-ring (bicyclic) bond motifs is 1. The van der Waals surface area contributed by atoms with Crippen molar-refractivity contribution in [2.45, 2.75) is 6.17 Å². The number of anilines is 1. The number of carbonyl (C=O) groups is 1. The summed E-state index contributed by atoms with van der Waals surface area (Å²) in [5.41, 5.74) is 3.81. The summed E-state index contributed by atoms with van der Waals surface area (Å²) in [6, 6.07) is 12.0. The SMILES string of the molecule is O=C1NC(c2cccc(-c3cn[nH]c3)c2)Nc2ccc(F)cc21. The van der Waals surface area contributed by atoms with E-state index in [1.54, 1.807) is 12.3 Å². The van der Waals surface area contributed by atoms with E-state index in [9.17, 15) is 9.18 Å². The van der Waals surface area contributed by atoms with E-state index in [4.69, 9.17) is 0 Å². The van der Waals surface area contributed by atoms with Gasteiger partial charge in [-0.05, 0) is 35.4 Å². The van der Waals surface area contributed by atoms with Crippen molar-refractivity contribution in [1.29, 1.82) is 0 Å². The zero-order valence-corrected chi connectivity index (χ0v) is 12.0. The molecule has 0 saturated carbocycles. The Labute approximate surface area is 131 Å². The van der Waals surface area contributed by atoms with Crippen LogP contribution in [0.3, 0.4) is 0 Å². The molecular formula is C17H13FN4O. The van der Waals surface area contributed by atoms with Crippen LogP contribution in [0.25, 0.3) is 11.1 Å². The molecule has 0 saturated heterocycles. The maximum atomic E-state index is 13.3. The smallest absolute Gasteiger partial charge is 0.255 e. The molecule has 3 aromatic rings. The van der Waals surface area contributed by atoms with Gasteiger partial charge in [0.2, 0.25) is 0 Å². The fourth-order valence-corrected chi connectivity index (χ4v) is 2.70. The van der Waals surface area contributed by atoms with Crippen LogP contribution in [0.2, 0.25) is 0 Å². The van der Waals surface area contributed by atoms with Crippen molar-refractivity contribution in [2.24, 2.45) is 0 Å². The Hall–Kier alpha value is -3.15. The third-order valence-electron chi connectivity index (χ3n) is 3.85. The second-order valence-corrected chi connectivity index (χ2v) is 5.35. The monoisotopic (exact) mass is 308 g/mol. The van der Waals surface area contributed by atoms with Crippen molar-refractivity contribution >= 4 is 11.6 Å². The minimum Gasteiger partial charge on any atom is -0.361 e. The van der Waals surface area contributed by atoms with E-state index in [0.717, 1.165) is 16.7 Å². The molecular weight excluding hydrogens is 295 g/mol. The van der Waals surface area contributed by atoms with Crippen LogP contribution in [-0.2, 0) is 0 Å². The van der Waals surface area contributed by atoms with Crippen molar-refractivity contribution in [3.63, 3.8) is 0 Å². The number of rotatable bonds is 2. The summed E-state index contributed by atoms with van der Waals surface area (Å²) < 4.78 is 13.3. The minimum absolute atomic E-state index is 0.294. The lowest BCUT2D eigenvalue weighted by Gasteiger charge is -2.28. The highest BCUT2D eigenvalue weighted by Crippen LogP contribution is 2.29. The number of aromatic amines is 1. The van der Waals surface area contributed by atoms with E-state index in [-0.39, 0.29) is 12.1 Å². The molecule has 1 atom stereocenters. The van der Waals surface area contributed by atoms with Gasteiger partial charge >= 0.3 is 0 Å². The predicted octanol–water partition coefficient (Wildman–Crippen LogP) is 3.07. The lowest BCUT2D eigenvalue weighted by Crippen LogP contribution is -2.38. The average Bonchev–Trinajstić information content (AvgIpc) is 3.10. The summed E-state index contributed by atoms with van der Waals surface area (Å²) in [6.45, 7) is 0. The summed E-state index contributed by atoms with van der Waals surface area (Å²) in [6.07, 6.45) is 3.18. The third kappa shape index (κ3) is 2.44. The zero-order valence-electron chi connectivity index (χ0n) is 12.0. The molecule has 1 aromatic heterocycles. The summed E-state index contributed by atoms with van der Waals surface area (Å²) in [5, 5.41) is 12.8. The number of hydrogen-bond acceptors (Lipinski definition) is 3. The van der Waals surface area contributed by atoms with Crippen molar-refractivity contribution in [2.75, 3.05) is 5.32 Å². The Bertz CT molecular complexity index is 876. The summed E-state index contributed by atoms with van der Waals surface area (Å²) in [4.78, 5) is 12.2. The van der Waals surface area contributed by atoms with Crippen LogP contribution < -0.4 is 10.6 Å². The molecule has 0 aliphatic carbocycles. The van der Waals surface area contributed by atoms with E-state index in [2.05, 4.69) is 20.8 Å². The largest absolute Gasteiger partial charge is 0.361 e. The summed E-state index contributed by atoms with van der Waals surface area (Å²) >= 11 is 0. The Morgan fingerprint density at radius 3 is 2.78 bits per heavy atom. The second kappa shape index (κ2) is 5.24. The van der Waals surface area contributed by atoms with Gasteiger partial charge in [0, 0.05) is 17.4 Å². The number of halogens is 1. The van der Waals surface area contributed by atoms with Gasteiger partial charge in [0.1, 0.15) is 12.0 Å². The van der Waals surface area contributed by atoms with Crippen LogP contribution in [0.5, 0.6) is 0 Å². The lowest BCUT2D eigenvalue weighted by molar-refractivity contribution is 0.0935. The lowest BCUT2D eigenvalue weighted by atomic mass is 10.0. The third-order valence-corrected chi connectivity index (χ3v) is 3.85. The first-order valence-electron chi connectivity index (χ1n) is 7.17. The van der Waals surface area contributed by atoms with Gasteiger partial charge in [-0.15, -0.1) is 0 Å². The van der Waals surface area contributed by atoms with Crippen LogP contribution >= 0.6 is 0 Å². The maximum Gasteiger partial charge on any atom is 0.255 e. The van der Waals surface area contributed by atoms with E-state index in [0.29, 0.717) is 11.3 Å². The summed E-state index contributed by atoms with van der Waals surface area (Å²) in [7, 11) is 0. The minimum atomic E-state index is -0.430. The number of hydrogen-bond donors (Lipinski definition) is 3. The van der Waals surface area contributed by atoms with Gasteiger partial charge in [-0.1, -0.05) is 18.2 Å². The fraction of sp³-hybridized carbons (Fsp3) is 0.0588. The number of H-pyrrole nitrogens is 1. The first-order valence-corrected chi connectivity index (χ1v) is 7.17. The molecule has 2 heterocycles. The Balaban J connectivity index is 1.68. The number of nitrogens with zero attached hydrogens (tertiary/aromatic N) is 1. The quantitative estimate of drug-likeness (QED) is 0.681. The number of carbonyl (C=O) groups excluding carboxylic acids is 1. The van der Waals surface area contributed by atoms with E-state index in [1.165, 1.54) is 12.1 Å². The van der Waals surface area contributed by atoms with Crippen LogP contribution in [0.15, 0.2) is 54.9 Å². The molecule has 114 valence electrons. The molecule has 0 bridgehead atoms. The molecule has 4 rings (SSSR count). The number of amides is 1. The molecule has 1 unspecified atom stereocenters. The topological polar surface area (TPSA) is 69.8 Å². The maximum absolute atomic E-state index is 13.3. The molecule has 6 heteroatoms. The molecule has 2 aromatic carbocycles. The second-order valence-electron chi connectivity index (χ2n) is 5.35. The first kappa shape index (κ1) is 13.5. The van der Waals surface area contributed by atoms with Crippen LogP contribution in [0, 0.1) is 5.82 Å². The van der Waals surface area contributed by atoms with Gasteiger partial charge in [-0.3, -0.25) is 9.89 Å². The average molecular weight is 308 g/mol. The predicted molar refractivity (Wildman–Crippen MR) is 84.3 cm³/mol. The van der Waals surface area contributed by atoms with Crippen LogP contribution in [-0.4, -0.2) is 16.1 Å². The molecule has 0 fully saturated rings. The molecule has 5 nitrogen and oxygen atoms in total. The molecule has 1 aliphatic heterocycles. The Morgan fingerprint density at radius 1 is 1.04 bits per heavy atom. The Morgan fingerprint density at radius 2 is 1.96 bits per heavy atom. The van der Waals surface area contributed by atoms with Crippen LogP contribution in [0.4, 0.5) is 10.1 Å². The van der Waals surface area contributed by atoms with E-state index < -0.39 is 5.82 Å². The number of benzene rings is 2. The van der Waals surface area contributed by atoms with Gasteiger partial charge in [-0.25, -0.2) is 4.39 Å².